The van der Waals surface area contributed by atoms with E-state index in [-0.39, 0.29) is 11.2 Å². The van der Waals surface area contributed by atoms with Crippen molar-refractivity contribution in [2.75, 3.05) is 0 Å². The first-order chi connectivity index (χ1) is 7.13. The standard InChI is InChI=1S/C13H16O2/c1-8-7-10(8)11-3-4-12(15-11)13(5-6-13)9(2)14/h3-4,8,10H,5-7H2,1-2H3. The van der Waals surface area contributed by atoms with Crippen molar-refractivity contribution < 1.29 is 9.21 Å². The first-order valence-electron chi connectivity index (χ1n) is 5.75. The van der Waals surface area contributed by atoms with Crippen molar-refractivity contribution in [1.29, 1.82) is 0 Å². The maximum atomic E-state index is 11.5. The Morgan fingerprint density at radius 1 is 1.47 bits per heavy atom. The van der Waals surface area contributed by atoms with Gasteiger partial charge in [0.25, 0.3) is 0 Å². The molecule has 0 radical (unpaired) electrons. The van der Waals surface area contributed by atoms with Crippen LogP contribution in [0.1, 0.15) is 50.5 Å². The highest BCUT2D eigenvalue weighted by atomic mass is 16.3. The molecule has 1 aromatic rings. The summed E-state index contributed by atoms with van der Waals surface area (Å²) in [6, 6.07) is 4.07. The van der Waals surface area contributed by atoms with E-state index in [1.807, 2.05) is 6.07 Å². The number of hydrogen-bond donors (Lipinski definition) is 0. The van der Waals surface area contributed by atoms with Crippen molar-refractivity contribution in [3.8, 4) is 0 Å². The first kappa shape index (κ1) is 9.20. The van der Waals surface area contributed by atoms with Crippen LogP contribution < -0.4 is 0 Å². The minimum absolute atomic E-state index is 0.240. The highest BCUT2D eigenvalue weighted by molar-refractivity contribution is 5.90. The molecule has 0 saturated heterocycles. The first-order valence-corrected chi connectivity index (χ1v) is 5.75. The molecule has 2 aliphatic rings. The largest absolute Gasteiger partial charge is 0.465 e. The molecule has 2 nitrogen and oxygen atoms in total. The van der Waals surface area contributed by atoms with Gasteiger partial charge in [-0.2, -0.15) is 0 Å². The average Bonchev–Trinajstić information content (AvgIpc) is 3.08. The van der Waals surface area contributed by atoms with Crippen molar-refractivity contribution in [1.82, 2.24) is 0 Å². The number of Topliss-reactive ketones (excluding diaryl/α,β-unsaturated/α-hetero) is 1. The van der Waals surface area contributed by atoms with Crippen LogP contribution in [0.15, 0.2) is 16.5 Å². The van der Waals surface area contributed by atoms with Crippen LogP contribution in [0.25, 0.3) is 0 Å². The minimum atomic E-state index is -0.240. The topological polar surface area (TPSA) is 30.2 Å². The number of hydrogen-bond acceptors (Lipinski definition) is 2. The lowest BCUT2D eigenvalue weighted by molar-refractivity contribution is -0.119. The third-order valence-electron chi connectivity index (χ3n) is 4.00. The Bertz CT molecular complexity index is 412. The molecule has 0 aliphatic heterocycles. The number of ketones is 1. The van der Waals surface area contributed by atoms with Gasteiger partial charge in [-0.1, -0.05) is 6.92 Å². The summed E-state index contributed by atoms with van der Waals surface area (Å²) in [7, 11) is 0. The second-order valence-corrected chi connectivity index (χ2v) is 5.16. The molecule has 0 amide bonds. The summed E-state index contributed by atoms with van der Waals surface area (Å²) < 4.78 is 5.85. The molecule has 1 heterocycles. The number of furan rings is 1. The molecule has 0 bridgehead atoms. The Morgan fingerprint density at radius 3 is 2.60 bits per heavy atom. The van der Waals surface area contributed by atoms with Crippen molar-refractivity contribution in [3.05, 3.63) is 23.7 Å². The summed E-state index contributed by atoms with van der Waals surface area (Å²) in [6.45, 7) is 3.92. The summed E-state index contributed by atoms with van der Waals surface area (Å²) in [4.78, 5) is 11.5. The number of carbonyl (C=O) groups excluding carboxylic acids is 1. The van der Waals surface area contributed by atoms with Crippen molar-refractivity contribution in [2.45, 2.75) is 44.4 Å². The molecule has 3 rings (SSSR count). The second-order valence-electron chi connectivity index (χ2n) is 5.16. The van der Waals surface area contributed by atoms with Gasteiger partial charge in [0, 0.05) is 5.92 Å². The zero-order valence-corrected chi connectivity index (χ0v) is 9.25. The summed E-state index contributed by atoms with van der Waals surface area (Å²) in [6.07, 6.45) is 3.17. The molecule has 1 aromatic heterocycles. The second kappa shape index (κ2) is 2.75. The maximum absolute atomic E-state index is 11.5. The normalized spacial score (nSPS) is 31.3. The maximum Gasteiger partial charge on any atom is 0.143 e. The van der Waals surface area contributed by atoms with Gasteiger partial charge in [0.1, 0.15) is 17.3 Å². The molecule has 15 heavy (non-hydrogen) atoms. The average molecular weight is 204 g/mol. The lowest BCUT2D eigenvalue weighted by atomic mass is 9.99. The van der Waals surface area contributed by atoms with Crippen LogP contribution in [0, 0.1) is 5.92 Å². The van der Waals surface area contributed by atoms with Crippen molar-refractivity contribution in [2.24, 2.45) is 5.92 Å². The van der Waals surface area contributed by atoms with Crippen molar-refractivity contribution >= 4 is 5.78 Å². The van der Waals surface area contributed by atoms with E-state index in [9.17, 15) is 4.79 Å². The van der Waals surface area contributed by atoms with Gasteiger partial charge in [-0.15, -0.1) is 0 Å². The summed E-state index contributed by atoms with van der Waals surface area (Å²) in [5.41, 5.74) is -0.240. The van der Waals surface area contributed by atoms with E-state index in [0.717, 1.165) is 30.3 Å². The van der Waals surface area contributed by atoms with E-state index in [0.29, 0.717) is 5.92 Å². The van der Waals surface area contributed by atoms with Crippen LogP contribution in [0.4, 0.5) is 0 Å². The minimum Gasteiger partial charge on any atom is -0.465 e. The molecule has 0 spiro atoms. The Balaban J connectivity index is 1.88. The molecule has 2 aliphatic carbocycles. The Kier molecular flexibility index (Phi) is 1.68. The third-order valence-corrected chi connectivity index (χ3v) is 4.00. The molecular weight excluding hydrogens is 188 g/mol. The van der Waals surface area contributed by atoms with E-state index in [2.05, 4.69) is 13.0 Å². The van der Waals surface area contributed by atoms with Gasteiger partial charge in [-0.25, -0.2) is 0 Å². The van der Waals surface area contributed by atoms with Gasteiger partial charge in [0.2, 0.25) is 0 Å². The molecule has 0 aromatic carbocycles. The molecule has 2 unspecified atom stereocenters. The Labute approximate surface area is 89.7 Å². The molecule has 2 fully saturated rings. The molecular formula is C13H16O2. The summed E-state index contributed by atoms with van der Waals surface area (Å²) >= 11 is 0. The highest BCUT2D eigenvalue weighted by Gasteiger charge is 2.52. The third kappa shape index (κ3) is 1.27. The lowest BCUT2D eigenvalue weighted by Crippen LogP contribution is -2.15. The summed E-state index contributed by atoms with van der Waals surface area (Å²) in [5, 5.41) is 0. The van der Waals surface area contributed by atoms with Gasteiger partial charge in [0.15, 0.2) is 0 Å². The van der Waals surface area contributed by atoms with Gasteiger partial charge < -0.3 is 4.42 Å². The van der Waals surface area contributed by atoms with Gasteiger partial charge >= 0.3 is 0 Å². The summed E-state index contributed by atoms with van der Waals surface area (Å²) in [5.74, 6) is 3.62. The van der Waals surface area contributed by atoms with Gasteiger partial charge in [-0.05, 0) is 44.2 Å². The highest BCUT2D eigenvalue weighted by Crippen LogP contribution is 2.52. The van der Waals surface area contributed by atoms with Gasteiger partial charge in [-0.3, -0.25) is 4.79 Å². The molecule has 80 valence electrons. The quantitative estimate of drug-likeness (QED) is 0.757. The lowest BCUT2D eigenvalue weighted by Gasteiger charge is -2.06. The fraction of sp³-hybridized carbons (Fsp3) is 0.615. The van der Waals surface area contributed by atoms with E-state index >= 15 is 0 Å². The molecule has 2 heteroatoms. The van der Waals surface area contributed by atoms with E-state index in [4.69, 9.17) is 4.42 Å². The number of carbonyl (C=O) groups is 1. The van der Waals surface area contributed by atoms with Crippen LogP contribution in [-0.4, -0.2) is 5.78 Å². The predicted molar refractivity (Wildman–Crippen MR) is 56.8 cm³/mol. The number of rotatable bonds is 3. The van der Waals surface area contributed by atoms with Crippen LogP contribution >= 0.6 is 0 Å². The van der Waals surface area contributed by atoms with Crippen LogP contribution in [0.3, 0.4) is 0 Å². The van der Waals surface area contributed by atoms with Crippen LogP contribution in [0.2, 0.25) is 0 Å². The monoisotopic (exact) mass is 204 g/mol. The SMILES string of the molecule is CC(=O)C1(c2ccc(C3CC3C)o2)CC1. The Hall–Kier alpha value is -1.05. The van der Waals surface area contributed by atoms with E-state index in [1.54, 1.807) is 6.92 Å². The Morgan fingerprint density at radius 2 is 2.13 bits per heavy atom. The van der Waals surface area contributed by atoms with Gasteiger partial charge in [0.05, 0.1) is 5.41 Å². The fourth-order valence-corrected chi connectivity index (χ4v) is 2.42. The fourth-order valence-electron chi connectivity index (χ4n) is 2.42. The van der Waals surface area contributed by atoms with E-state index < -0.39 is 0 Å². The molecule has 2 saturated carbocycles. The van der Waals surface area contributed by atoms with Crippen LogP contribution in [-0.2, 0) is 10.2 Å². The zero-order valence-electron chi connectivity index (χ0n) is 9.25. The molecule has 0 N–H and O–H groups in total. The molecule has 2 atom stereocenters. The predicted octanol–water partition coefficient (Wildman–Crippen LogP) is 3.02. The smallest absolute Gasteiger partial charge is 0.143 e. The van der Waals surface area contributed by atoms with Crippen LogP contribution in [0.5, 0.6) is 0 Å². The van der Waals surface area contributed by atoms with E-state index in [1.165, 1.54) is 6.42 Å². The zero-order chi connectivity index (χ0) is 10.6. The van der Waals surface area contributed by atoms with Crippen molar-refractivity contribution in [3.63, 3.8) is 0 Å².